The second-order valence-corrected chi connectivity index (χ2v) is 13.0. The Balaban J connectivity index is 1.01. The molecule has 0 aliphatic heterocycles. The molecule has 232 valence electrons. The van der Waals surface area contributed by atoms with E-state index in [1.165, 1.54) is 54.4 Å². The van der Waals surface area contributed by atoms with E-state index in [-0.39, 0.29) is 0 Å². The SMILES string of the molecule is c1ccc(-c2nc3cc4ccccc4cc3nc2-c2ccc(-c3ccc(-c4ccc5c6ccccc6c6ccccc6c5c4)cc3)cc2)cc1. The minimum absolute atomic E-state index is 0.887. The molecule has 2 nitrogen and oxygen atoms in total. The number of hydrogen-bond donors (Lipinski definition) is 0. The van der Waals surface area contributed by atoms with Crippen LogP contribution in [-0.2, 0) is 0 Å². The molecule has 0 spiro atoms. The van der Waals surface area contributed by atoms with Crippen molar-refractivity contribution in [2.24, 2.45) is 0 Å². The standard InChI is InChI=1S/C48H30N2/c1-2-10-34(11-3-1)47-48(50-46-30-37-13-5-4-12-36(37)29-45(46)49-47)35-24-22-32(23-25-35)31-18-20-33(21-19-31)38-26-27-43-41-16-7-6-14-39(41)40-15-8-9-17-42(40)44(43)28-38/h1-30H. The maximum absolute atomic E-state index is 5.21. The molecule has 0 unspecified atom stereocenters. The van der Waals surface area contributed by atoms with E-state index in [4.69, 9.17) is 9.97 Å². The Morgan fingerprint density at radius 2 is 0.600 bits per heavy atom. The van der Waals surface area contributed by atoms with E-state index in [1.807, 2.05) is 6.07 Å². The summed E-state index contributed by atoms with van der Waals surface area (Å²) in [4.78, 5) is 10.4. The third-order valence-corrected chi connectivity index (χ3v) is 10.0. The predicted octanol–water partition coefficient (Wildman–Crippen LogP) is 12.9. The van der Waals surface area contributed by atoms with E-state index >= 15 is 0 Å². The Morgan fingerprint density at radius 1 is 0.240 bits per heavy atom. The Labute approximate surface area is 290 Å². The average molecular weight is 635 g/mol. The monoisotopic (exact) mass is 634 g/mol. The predicted molar refractivity (Wildman–Crippen MR) is 211 cm³/mol. The van der Waals surface area contributed by atoms with Gasteiger partial charge in [-0.1, -0.05) is 164 Å². The van der Waals surface area contributed by atoms with Crippen LogP contribution in [0.1, 0.15) is 0 Å². The van der Waals surface area contributed by atoms with Crippen LogP contribution in [0.15, 0.2) is 182 Å². The number of hydrogen-bond acceptors (Lipinski definition) is 2. The average Bonchev–Trinajstić information content (AvgIpc) is 3.20. The maximum Gasteiger partial charge on any atom is 0.0973 e. The lowest BCUT2D eigenvalue weighted by Crippen LogP contribution is -1.96. The first-order valence-corrected chi connectivity index (χ1v) is 17.1. The molecule has 10 rings (SSSR count). The summed E-state index contributed by atoms with van der Waals surface area (Å²) < 4.78 is 0. The van der Waals surface area contributed by atoms with Crippen molar-refractivity contribution in [3.8, 4) is 44.8 Å². The molecule has 50 heavy (non-hydrogen) atoms. The van der Waals surface area contributed by atoms with Gasteiger partial charge in [-0.2, -0.15) is 0 Å². The molecule has 0 N–H and O–H groups in total. The van der Waals surface area contributed by atoms with Crippen LogP contribution >= 0.6 is 0 Å². The van der Waals surface area contributed by atoms with E-state index in [0.717, 1.165) is 44.5 Å². The molecule has 0 fully saturated rings. The van der Waals surface area contributed by atoms with Crippen LogP contribution in [-0.4, -0.2) is 9.97 Å². The molecule has 0 bridgehead atoms. The largest absolute Gasteiger partial charge is 0.244 e. The molecule has 9 aromatic carbocycles. The molecule has 0 aliphatic rings. The number of benzene rings is 9. The van der Waals surface area contributed by atoms with Gasteiger partial charge in [0, 0.05) is 11.1 Å². The maximum atomic E-state index is 5.21. The van der Waals surface area contributed by atoms with Crippen LogP contribution in [0.3, 0.4) is 0 Å². The van der Waals surface area contributed by atoms with Crippen LogP contribution in [0, 0.1) is 0 Å². The van der Waals surface area contributed by atoms with Crippen LogP contribution < -0.4 is 0 Å². The lowest BCUT2D eigenvalue weighted by Gasteiger charge is -2.13. The topological polar surface area (TPSA) is 25.8 Å². The minimum atomic E-state index is 0.887. The van der Waals surface area contributed by atoms with Crippen LogP contribution in [0.25, 0.3) is 98.9 Å². The summed E-state index contributed by atoms with van der Waals surface area (Å²) >= 11 is 0. The molecular weight excluding hydrogens is 605 g/mol. The van der Waals surface area contributed by atoms with Gasteiger partial charge in [0.1, 0.15) is 0 Å². The lowest BCUT2D eigenvalue weighted by atomic mass is 9.91. The lowest BCUT2D eigenvalue weighted by molar-refractivity contribution is 1.30. The van der Waals surface area contributed by atoms with Crippen molar-refractivity contribution in [1.29, 1.82) is 0 Å². The summed E-state index contributed by atoms with van der Waals surface area (Å²) in [5, 5.41) is 10.1. The van der Waals surface area contributed by atoms with Crippen LogP contribution in [0.2, 0.25) is 0 Å². The van der Waals surface area contributed by atoms with E-state index in [2.05, 4.69) is 176 Å². The molecule has 1 heterocycles. The zero-order chi connectivity index (χ0) is 33.0. The molecule has 2 heteroatoms. The molecule has 0 saturated heterocycles. The van der Waals surface area contributed by atoms with Gasteiger partial charge in [0.25, 0.3) is 0 Å². The normalized spacial score (nSPS) is 11.6. The zero-order valence-corrected chi connectivity index (χ0v) is 27.2. The van der Waals surface area contributed by atoms with Crippen molar-refractivity contribution < 1.29 is 0 Å². The minimum Gasteiger partial charge on any atom is -0.244 e. The van der Waals surface area contributed by atoms with Crippen molar-refractivity contribution in [2.75, 3.05) is 0 Å². The highest BCUT2D eigenvalue weighted by molar-refractivity contribution is 6.25. The number of nitrogens with zero attached hydrogens (tertiary/aromatic N) is 2. The Kier molecular flexibility index (Phi) is 6.53. The number of aromatic nitrogens is 2. The molecule has 10 aromatic rings. The third kappa shape index (κ3) is 4.73. The van der Waals surface area contributed by atoms with Gasteiger partial charge in [-0.25, -0.2) is 9.97 Å². The summed E-state index contributed by atoms with van der Waals surface area (Å²) in [6.45, 7) is 0. The molecule has 0 amide bonds. The summed E-state index contributed by atoms with van der Waals surface area (Å²) in [7, 11) is 0. The first-order chi connectivity index (χ1) is 24.8. The van der Waals surface area contributed by atoms with Gasteiger partial charge in [0.2, 0.25) is 0 Å². The molecule has 0 atom stereocenters. The highest BCUT2D eigenvalue weighted by Gasteiger charge is 2.15. The second kappa shape index (κ2) is 11.5. The van der Waals surface area contributed by atoms with Crippen LogP contribution in [0.5, 0.6) is 0 Å². The second-order valence-electron chi connectivity index (χ2n) is 13.0. The summed E-state index contributed by atoms with van der Waals surface area (Å²) in [6, 6.07) is 65.1. The fraction of sp³-hybridized carbons (Fsp3) is 0. The summed E-state index contributed by atoms with van der Waals surface area (Å²) in [5.74, 6) is 0. The molecular formula is C48H30N2. The van der Waals surface area contributed by atoms with Crippen molar-refractivity contribution in [1.82, 2.24) is 9.97 Å². The van der Waals surface area contributed by atoms with Gasteiger partial charge in [0.15, 0.2) is 0 Å². The Hall–Kier alpha value is -6.64. The van der Waals surface area contributed by atoms with Gasteiger partial charge in [0.05, 0.1) is 22.4 Å². The van der Waals surface area contributed by atoms with Gasteiger partial charge < -0.3 is 0 Å². The van der Waals surface area contributed by atoms with Crippen molar-refractivity contribution in [2.45, 2.75) is 0 Å². The molecule has 0 saturated carbocycles. The van der Waals surface area contributed by atoms with Gasteiger partial charge >= 0.3 is 0 Å². The number of fused-ring (bicyclic) bond motifs is 8. The summed E-state index contributed by atoms with van der Waals surface area (Å²) in [6.07, 6.45) is 0. The van der Waals surface area contributed by atoms with Gasteiger partial charge in [-0.05, 0) is 83.5 Å². The Bertz CT molecular complexity index is 2860. The van der Waals surface area contributed by atoms with E-state index in [9.17, 15) is 0 Å². The molecule has 0 aliphatic carbocycles. The highest BCUT2D eigenvalue weighted by Crippen LogP contribution is 2.38. The van der Waals surface area contributed by atoms with E-state index in [1.54, 1.807) is 0 Å². The van der Waals surface area contributed by atoms with E-state index in [0.29, 0.717) is 0 Å². The van der Waals surface area contributed by atoms with Crippen LogP contribution in [0.4, 0.5) is 0 Å². The van der Waals surface area contributed by atoms with Gasteiger partial charge in [-0.15, -0.1) is 0 Å². The fourth-order valence-electron chi connectivity index (χ4n) is 7.50. The first-order valence-electron chi connectivity index (χ1n) is 17.1. The summed E-state index contributed by atoms with van der Waals surface area (Å²) in [5.41, 5.74) is 10.4. The number of rotatable bonds is 4. The van der Waals surface area contributed by atoms with Gasteiger partial charge in [-0.3, -0.25) is 0 Å². The fourth-order valence-corrected chi connectivity index (χ4v) is 7.50. The highest BCUT2D eigenvalue weighted by atomic mass is 14.8. The molecule has 1 aromatic heterocycles. The first kappa shape index (κ1) is 28.4. The van der Waals surface area contributed by atoms with Crippen molar-refractivity contribution in [3.05, 3.63) is 182 Å². The third-order valence-electron chi connectivity index (χ3n) is 10.0. The van der Waals surface area contributed by atoms with E-state index < -0.39 is 0 Å². The quantitative estimate of drug-likeness (QED) is 0.142. The van der Waals surface area contributed by atoms with Crippen molar-refractivity contribution >= 4 is 54.1 Å². The smallest absolute Gasteiger partial charge is 0.0973 e. The Morgan fingerprint density at radius 3 is 1.12 bits per heavy atom. The zero-order valence-electron chi connectivity index (χ0n) is 27.2. The van der Waals surface area contributed by atoms with Crippen molar-refractivity contribution in [3.63, 3.8) is 0 Å². The molecule has 0 radical (unpaired) electrons.